The van der Waals surface area contributed by atoms with Crippen LogP contribution in [0.1, 0.15) is 28.4 Å². The Kier molecular flexibility index (Phi) is 5.88. The van der Waals surface area contributed by atoms with Crippen LogP contribution in [-0.4, -0.2) is 26.2 Å². The molecule has 0 aromatic heterocycles. The van der Waals surface area contributed by atoms with E-state index in [1.165, 1.54) is 6.92 Å². The van der Waals surface area contributed by atoms with E-state index in [4.69, 9.17) is 4.74 Å². The molecular formula is C19H20N2O2S. The predicted molar refractivity (Wildman–Crippen MR) is 98.0 cm³/mol. The molecule has 0 atom stereocenters. The van der Waals surface area contributed by atoms with Crippen molar-refractivity contribution in [3.63, 3.8) is 0 Å². The number of anilines is 1. The van der Waals surface area contributed by atoms with Crippen LogP contribution in [0.5, 0.6) is 5.75 Å². The summed E-state index contributed by atoms with van der Waals surface area (Å²) in [5.41, 5.74) is 2.98. The number of carbonyl (C=O) groups is 1. The van der Waals surface area contributed by atoms with E-state index in [1.807, 2.05) is 36.4 Å². The van der Waals surface area contributed by atoms with Crippen LogP contribution < -0.4 is 9.64 Å². The highest BCUT2D eigenvalue weighted by molar-refractivity contribution is 7.98. The van der Waals surface area contributed by atoms with Gasteiger partial charge in [-0.2, -0.15) is 5.26 Å². The lowest BCUT2D eigenvalue weighted by atomic mass is 10.1. The Bertz CT molecular complexity index is 796. The number of hydrogen-bond acceptors (Lipinski definition) is 5. The first-order valence-electron chi connectivity index (χ1n) is 7.47. The molecule has 0 radical (unpaired) electrons. The first-order chi connectivity index (χ1) is 11.5. The van der Waals surface area contributed by atoms with Gasteiger partial charge < -0.3 is 9.64 Å². The molecule has 2 rings (SSSR count). The fraction of sp³-hybridized carbons (Fsp3) is 0.263. The number of Topliss-reactive ketones (excluding diaryl/α,β-unsaturated/α-hetero) is 1. The Morgan fingerprint density at radius 1 is 1.29 bits per heavy atom. The van der Waals surface area contributed by atoms with Crippen LogP contribution >= 0.6 is 11.8 Å². The Morgan fingerprint density at radius 2 is 2.04 bits per heavy atom. The summed E-state index contributed by atoms with van der Waals surface area (Å²) in [5, 5.41) is 9.33. The number of nitrogens with zero attached hydrogens (tertiary/aromatic N) is 2. The van der Waals surface area contributed by atoms with Gasteiger partial charge in [0.25, 0.3) is 0 Å². The topological polar surface area (TPSA) is 53.3 Å². The zero-order valence-electron chi connectivity index (χ0n) is 14.3. The maximum Gasteiger partial charge on any atom is 0.159 e. The van der Waals surface area contributed by atoms with Crippen molar-refractivity contribution in [2.75, 3.05) is 25.3 Å². The second-order valence-corrected chi connectivity index (χ2v) is 6.29. The largest absolute Gasteiger partial charge is 0.496 e. The molecule has 0 aliphatic heterocycles. The number of benzene rings is 2. The second kappa shape index (κ2) is 7.89. The van der Waals surface area contributed by atoms with Gasteiger partial charge >= 0.3 is 0 Å². The van der Waals surface area contributed by atoms with Crippen LogP contribution in [-0.2, 0) is 6.54 Å². The second-order valence-electron chi connectivity index (χ2n) is 5.45. The normalized spacial score (nSPS) is 10.1. The van der Waals surface area contributed by atoms with Crippen LogP contribution in [0.2, 0.25) is 0 Å². The van der Waals surface area contributed by atoms with Gasteiger partial charge in [0, 0.05) is 24.1 Å². The fourth-order valence-corrected chi connectivity index (χ4v) is 3.05. The molecule has 0 fully saturated rings. The Morgan fingerprint density at radius 3 is 2.62 bits per heavy atom. The van der Waals surface area contributed by atoms with Crippen molar-refractivity contribution < 1.29 is 9.53 Å². The summed E-state index contributed by atoms with van der Waals surface area (Å²) in [5.74, 6) is 0.825. The van der Waals surface area contributed by atoms with Crippen LogP contribution in [0.15, 0.2) is 41.3 Å². The Hall–Kier alpha value is -2.45. The number of ketones is 1. The molecular weight excluding hydrogens is 320 g/mol. The molecule has 0 bridgehead atoms. The molecule has 0 saturated heterocycles. The molecule has 4 nitrogen and oxygen atoms in total. The summed E-state index contributed by atoms with van der Waals surface area (Å²) in [6, 6.07) is 13.4. The minimum absolute atomic E-state index is 0.0138. The van der Waals surface area contributed by atoms with Gasteiger partial charge in [-0.3, -0.25) is 4.79 Å². The molecule has 0 aliphatic rings. The number of carbonyl (C=O) groups excluding carboxylic acids is 1. The number of hydrogen-bond donors (Lipinski definition) is 0. The number of nitriles is 1. The summed E-state index contributed by atoms with van der Waals surface area (Å²) >= 11 is 1.64. The number of ether oxygens (including phenoxy) is 1. The maximum atomic E-state index is 11.6. The molecule has 0 amide bonds. The summed E-state index contributed by atoms with van der Waals surface area (Å²) in [6.45, 7) is 2.14. The Balaban J connectivity index is 2.33. The first kappa shape index (κ1) is 17.9. The van der Waals surface area contributed by atoms with E-state index in [2.05, 4.69) is 6.07 Å². The standard InChI is InChI=1S/C19H20N2O2S/c1-13(22)15-6-7-16(11-20)17(10-15)21(2)12-14-5-8-19(24-4)18(9-14)23-3/h5-10H,12H2,1-4H3. The highest BCUT2D eigenvalue weighted by atomic mass is 32.2. The highest BCUT2D eigenvalue weighted by Crippen LogP contribution is 2.30. The van der Waals surface area contributed by atoms with E-state index in [1.54, 1.807) is 37.1 Å². The lowest BCUT2D eigenvalue weighted by molar-refractivity contribution is 0.101. The average molecular weight is 340 g/mol. The number of methoxy groups -OCH3 is 1. The maximum absolute atomic E-state index is 11.6. The van der Waals surface area contributed by atoms with Gasteiger partial charge in [-0.15, -0.1) is 11.8 Å². The Labute approximate surface area is 147 Å². The zero-order valence-corrected chi connectivity index (χ0v) is 15.1. The van der Waals surface area contributed by atoms with Crippen molar-refractivity contribution in [1.82, 2.24) is 0 Å². The molecule has 124 valence electrons. The number of rotatable bonds is 6. The van der Waals surface area contributed by atoms with Crippen molar-refractivity contribution in [2.45, 2.75) is 18.4 Å². The molecule has 0 spiro atoms. The molecule has 0 unspecified atom stereocenters. The van der Waals surface area contributed by atoms with E-state index in [0.717, 1.165) is 21.9 Å². The lowest BCUT2D eigenvalue weighted by Crippen LogP contribution is -2.18. The summed E-state index contributed by atoms with van der Waals surface area (Å²) < 4.78 is 5.42. The van der Waals surface area contributed by atoms with Gasteiger partial charge in [-0.05, 0) is 49.1 Å². The van der Waals surface area contributed by atoms with Gasteiger partial charge in [0.1, 0.15) is 11.8 Å². The summed E-state index contributed by atoms with van der Waals surface area (Å²) in [4.78, 5) is 14.7. The summed E-state index contributed by atoms with van der Waals surface area (Å²) in [6.07, 6.45) is 2.01. The van der Waals surface area contributed by atoms with Gasteiger partial charge in [-0.1, -0.05) is 6.07 Å². The van der Waals surface area contributed by atoms with E-state index in [0.29, 0.717) is 17.7 Å². The van der Waals surface area contributed by atoms with Crippen molar-refractivity contribution in [3.8, 4) is 11.8 Å². The van der Waals surface area contributed by atoms with Crippen LogP contribution in [0.4, 0.5) is 5.69 Å². The molecule has 2 aromatic carbocycles. The van der Waals surface area contributed by atoms with E-state index in [9.17, 15) is 10.1 Å². The van der Waals surface area contributed by atoms with Crippen molar-refractivity contribution in [1.29, 1.82) is 5.26 Å². The van der Waals surface area contributed by atoms with Gasteiger partial charge in [0.2, 0.25) is 0 Å². The summed E-state index contributed by atoms with van der Waals surface area (Å²) in [7, 11) is 3.57. The minimum Gasteiger partial charge on any atom is -0.496 e. The fourth-order valence-electron chi connectivity index (χ4n) is 2.50. The van der Waals surface area contributed by atoms with Crippen LogP contribution in [0, 0.1) is 11.3 Å². The van der Waals surface area contributed by atoms with E-state index in [-0.39, 0.29) is 5.78 Å². The SMILES string of the molecule is COc1cc(CN(C)c2cc(C(C)=O)ccc2C#N)ccc1SC. The van der Waals surface area contributed by atoms with Crippen LogP contribution in [0.3, 0.4) is 0 Å². The predicted octanol–water partition coefficient (Wildman–Crippen LogP) is 4.13. The third-order valence-electron chi connectivity index (χ3n) is 3.80. The average Bonchev–Trinajstić information content (AvgIpc) is 2.60. The first-order valence-corrected chi connectivity index (χ1v) is 8.69. The molecule has 0 saturated carbocycles. The zero-order chi connectivity index (χ0) is 17.7. The molecule has 2 aromatic rings. The third kappa shape index (κ3) is 3.90. The van der Waals surface area contributed by atoms with Crippen molar-refractivity contribution >= 4 is 23.2 Å². The van der Waals surface area contributed by atoms with Gasteiger partial charge in [0.15, 0.2) is 5.78 Å². The van der Waals surface area contributed by atoms with Crippen molar-refractivity contribution in [3.05, 3.63) is 53.1 Å². The molecule has 0 aliphatic carbocycles. The van der Waals surface area contributed by atoms with Crippen LogP contribution in [0.25, 0.3) is 0 Å². The highest BCUT2D eigenvalue weighted by Gasteiger charge is 2.12. The molecule has 5 heteroatoms. The van der Waals surface area contributed by atoms with E-state index >= 15 is 0 Å². The van der Waals surface area contributed by atoms with Crippen molar-refractivity contribution in [2.24, 2.45) is 0 Å². The smallest absolute Gasteiger partial charge is 0.159 e. The molecule has 0 N–H and O–H groups in total. The molecule has 0 heterocycles. The monoisotopic (exact) mass is 340 g/mol. The lowest BCUT2D eigenvalue weighted by Gasteiger charge is -2.22. The minimum atomic E-state index is -0.0138. The molecule has 24 heavy (non-hydrogen) atoms. The van der Waals surface area contributed by atoms with Gasteiger partial charge in [0.05, 0.1) is 18.4 Å². The number of thioether (sulfide) groups is 1. The quantitative estimate of drug-likeness (QED) is 0.585. The van der Waals surface area contributed by atoms with Gasteiger partial charge in [-0.25, -0.2) is 0 Å². The third-order valence-corrected chi connectivity index (χ3v) is 4.58. The van der Waals surface area contributed by atoms with E-state index < -0.39 is 0 Å².